The molecular weight excluding hydrogens is 524 g/mol. The summed E-state index contributed by atoms with van der Waals surface area (Å²) in [5.41, 5.74) is 3.47. The van der Waals surface area contributed by atoms with Crippen LogP contribution in [-0.2, 0) is 6.54 Å². The summed E-state index contributed by atoms with van der Waals surface area (Å²) in [6.45, 7) is 6.24. The molecule has 0 unspecified atom stereocenters. The number of thioether (sulfide) groups is 1. The van der Waals surface area contributed by atoms with Crippen molar-refractivity contribution >= 4 is 35.1 Å². The highest BCUT2D eigenvalue weighted by molar-refractivity contribution is 7.98. The third-order valence-electron chi connectivity index (χ3n) is 7.60. The van der Waals surface area contributed by atoms with Crippen LogP contribution in [0.25, 0.3) is 0 Å². The van der Waals surface area contributed by atoms with Crippen molar-refractivity contribution in [3.8, 4) is 17.2 Å². The number of hydrogen-bond acceptors (Lipinski definition) is 7. The maximum Gasteiger partial charge on any atom is 0.130 e. The third-order valence-corrected chi connectivity index (χ3v) is 9.63. The van der Waals surface area contributed by atoms with Gasteiger partial charge in [-0.05, 0) is 85.1 Å². The molecule has 4 rings (SSSR count). The quantitative estimate of drug-likeness (QED) is 0.173. The average Bonchev–Trinajstić information content (AvgIpc) is 3.09. The molecular formula is C32H42N2O3S2. The first-order valence-corrected chi connectivity index (χ1v) is 15.9. The monoisotopic (exact) mass is 566 g/mol. The van der Waals surface area contributed by atoms with Gasteiger partial charge in [0.2, 0.25) is 0 Å². The molecule has 210 valence electrons. The second kappa shape index (κ2) is 13.7. The fourth-order valence-electron chi connectivity index (χ4n) is 5.29. The van der Waals surface area contributed by atoms with Crippen LogP contribution in [0.4, 0.5) is 11.4 Å². The van der Waals surface area contributed by atoms with Gasteiger partial charge < -0.3 is 19.5 Å². The number of rotatable bonds is 12. The molecule has 3 aromatic carbocycles. The van der Waals surface area contributed by atoms with Crippen LogP contribution in [0.1, 0.15) is 57.9 Å². The molecule has 1 N–H and O–H groups in total. The van der Waals surface area contributed by atoms with Crippen LogP contribution >= 0.6 is 23.7 Å². The predicted octanol–water partition coefficient (Wildman–Crippen LogP) is 8.91. The van der Waals surface area contributed by atoms with Crippen molar-refractivity contribution in [2.75, 3.05) is 31.9 Å². The minimum absolute atomic E-state index is 0.0648. The number of methoxy groups -OCH3 is 2. The molecule has 39 heavy (non-hydrogen) atoms. The summed E-state index contributed by atoms with van der Waals surface area (Å²) in [6, 6.07) is 20.9. The summed E-state index contributed by atoms with van der Waals surface area (Å²) in [4.78, 5) is 4.44. The van der Waals surface area contributed by atoms with E-state index in [1.54, 1.807) is 37.9 Å². The van der Waals surface area contributed by atoms with Gasteiger partial charge >= 0.3 is 0 Å². The molecule has 0 aromatic heterocycles. The first-order chi connectivity index (χ1) is 19.0. The van der Waals surface area contributed by atoms with Crippen LogP contribution in [0.3, 0.4) is 0 Å². The topological polar surface area (TPSA) is 45.2 Å². The van der Waals surface area contributed by atoms with E-state index in [0.717, 1.165) is 84.3 Å². The molecule has 0 saturated carbocycles. The molecule has 0 saturated heterocycles. The molecule has 3 aromatic rings. The molecule has 0 aliphatic carbocycles. The summed E-state index contributed by atoms with van der Waals surface area (Å²) < 4.78 is 13.5. The normalized spacial score (nSPS) is 15.1. The Morgan fingerprint density at radius 3 is 2.03 bits per heavy atom. The largest absolute Gasteiger partial charge is 0.507 e. The van der Waals surface area contributed by atoms with Crippen molar-refractivity contribution in [1.29, 1.82) is 0 Å². The van der Waals surface area contributed by atoms with Crippen LogP contribution in [0.2, 0.25) is 0 Å². The molecule has 1 aliphatic heterocycles. The molecule has 5 nitrogen and oxygen atoms in total. The molecule has 0 fully saturated rings. The lowest BCUT2D eigenvalue weighted by atomic mass is 9.85. The van der Waals surface area contributed by atoms with Gasteiger partial charge in [0.1, 0.15) is 17.2 Å². The predicted molar refractivity (Wildman–Crippen MR) is 166 cm³/mol. The van der Waals surface area contributed by atoms with E-state index in [9.17, 15) is 5.11 Å². The Balaban J connectivity index is 1.87. The number of aromatic hydroxyl groups is 1. The number of anilines is 2. The molecule has 0 atom stereocenters. The smallest absolute Gasteiger partial charge is 0.130 e. The molecule has 0 bridgehead atoms. The molecule has 0 spiro atoms. The Bertz CT molecular complexity index is 1190. The standard InChI is InChI=1S/C32H42N2O3S2/c1-6-8-18-32(19-9-7-2)23-33(25-12-16-27(37-4)17-13-25)28-20-31(38-5)29(35)21-30(28)39-34(32)22-24-10-14-26(36-3)15-11-24/h10-17,20-21,35H,6-9,18-19,22-23H2,1-5H3. The van der Waals surface area contributed by atoms with E-state index in [2.05, 4.69) is 53.4 Å². The fraction of sp³-hybridized carbons (Fsp3) is 0.438. The minimum atomic E-state index is -0.0648. The van der Waals surface area contributed by atoms with Crippen molar-refractivity contribution in [1.82, 2.24) is 4.31 Å². The molecule has 1 aliphatic rings. The Morgan fingerprint density at radius 2 is 1.49 bits per heavy atom. The number of benzene rings is 3. The zero-order valence-corrected chi connectivity index (χ0v) is 25.5. The van der Waals surface area contributed by atoms with Gasteiger partial charge in [0.25, 0.3) is 0 Å². The third kappa shape index (κ3) is 6.82. The van der Waals surface area contributed by atoms with Crippen molar-refractivity contribution in [2.24, 2.45) is 0 Å². The van der Waals surface area contributed by atoms with Gasteiger partial charge in [-0.1, -0.05) is 51.7 Å². The first-order valence-electron chi connectivity index (χ1n) is 13.9. The van der Waals surface area contributed by atoms with E-state index in [-0.39, 0.29) is 5.54 Å². The molecule has 7 heteroatoms. The van der Waals surface area contributed by atoms with Crippen molar-refractivity contribution in [3.63, 3.8) is 0 Å². The lowest BCUT2D eigenvalue weighted by molar-refractivity contribution is 0.167. The highest BCUT2D eigenvalue weighted by Crippen LogP contribution is 2.50. The number of unbranched alkanes of at least 4 members (excludes halogenated alkanes) is 2. The minimum Gasteiger partial charge on any atom is -0.507 e. The summed E-state index contributed by atoms with van der Waals surface area (Å²) >= 11 is 3.38. The lowest BCUT2D eigenvalue weighted by Gasteiger charge is -2.44. The van der Waals surface area contributed by atoms with Crippen LogP contribution in [0.15, 0.2) is 70.5 Å². The Hall–Kier alpha value is -2.48. The van der Waals surface area contributed by atoms with E-state index in [1.165, 1.54) is 5.56 Å². The van der Waals surface area contributed by atoms with Gasteiger partial charge in [0.05, 0.1) is 29.7 Å². The van der Waals surface area contributed by atoms with Gasteiger partial charge in [-0.3, -0.25) is 0 Å². The van der Waals surface area contributed by atoms with Gasteiger partial charge in [-0.15, -0.1) is 11.8 Å². The van der Waals surface area contributed by atoms with E-state index in [0.29, 0.717) is 5.75 Å². The van der Waals surface area contributed by atoms with E-state index in [4.69, 9.17) is 9.47 Å². The zero-order chi connectivity index (χ0) is 27.8. The number of ether oxygens (including phenoxy) is 2. The number of phenols is 1. The van der Waals surface area contributed by atoms with Crippen molar-refractivity contribution in [3.05, 3.63) is 66.2 Å². The van der Waals surface area contributed by atoms with Crippen LogP contribution < -0.4 is 14.4 Å². The molecule has 0 amide bonds. The van der Waals surface area contributed by atoms with E-state index in [1.807, 2.05) is 36.6 Å². The summed E-state index contributed by atoms with van der Waals surface area (Å²) in [5.74, 6) is 2.06. The maximum absolute atomic E-state index is 10.9. The second-order valence-corrected chi connectivity index (χ2v) is 12.1. The maximum atomic E-state index is 10.9. The number of phenolic OH excluding ortho intramolecular Hbond substituents is 1. The van der Waals surface area contributed by atoms with E-state index >= 15 is 0 Å². The Morgan fingerprint density at radius 1 is 0.897 bits per heavy atom. The molecule has 0 radical (unpaired) electrons. The van der Waals surface area contributed by atoms with Gasteiger partial charge in [-0.25, -0.2) is 4.31 Å². The molecule has 1 heterocycles. The number of nitrogens with zero attached hydrogens (tertiary/aromatic N) is 2. The van der Waals surface area contributed by atoms with Gasteiger partial charge in [0.15, 0.2) is 0 Å². The Kier molecular flexibility index (Phi) is 10.4. The van der Waals surface area contributed by atoms with Crippen molar-refractivity contribution < 1.29 is 14.6 Å². The fourth-order valence-corrected chi connectivity index (χ4v) is 7.10. The van der Waals surface area contributed by atoms with Crippen LogP contribution in [0.5, 0.6) is 17.2 Å². The number of hydrogen-bond donors (Lipinski definition) is 1. The zero-order valence-electron chi connectivity index (χ0n) is 23.9. The Labute approximate surface area is 243 Å². The van der Waals surface area contributed by atoms with Gasteiger partial charge in [-0.2, -0.15) is 0 Å². The second-order valence-electron chi connectivity index (χ2n) is 10.2. The van der Waals surface area contributed by atoms with Gasteiger partial charge in [0, 0.05) is 24.3 Å². The first kappa shape index (κ1) is 29.5. The van der Waals surface area contributed by atoms with Crippen LogP contribution in [-0.4, -0.2) is 42.0 Å². The summed E-state index contributed by atoms with van der Waals surface area (Å²) in [5, 5.41) is 10.9. The van der Waals surface area contributed by atoms with Crippen LogP contribution in [0, 0.1) is 0 Å². The SMILES string of the molecule is CCCCC1(CCCC)CN(c2ccc(OC)cc2)c2cc(SC)c(O)cc2SN1Cc1ccc(OC)cc1. The lowest BCUT2D eigenvalue weighted by Crippen LogP contribution is -2.51. The summed E-state index contributed by atoms with van der Waals surface area (Å²) in [7, 11) is 3.41. The van der Waals surface area contributed by atoms with E-state index < -0.39 is 0 Å². The average molecular weight is 567 g/mol. The number of fused-ring (bicyclic) bond motifs is 1. The van der Waals surface area contributed by atoms with Crippen molar-refractivity contribution in [2.45, 2.75) is 74.2 Å². The highest BCUT2D eigenvalue weighted by atomic mass is 32.2. The summed E-state index contributed by atoms with van der Waals surface area (Å²) in [6.07, 6.45) is 8.87. The highest BCUT2D eigenvalue weighted by Gasteiger charge is 2.42.